The first-order valence-electron chi connectivity index (χ1n) is 9.83. The minimum atomic E-state index is -0.580. The molecule has 1 aromatic heterocycles. The Morgan fingerprint density at radius 2 is 2.11 bits per heavy atom. The highest BCUT2D eigenvalue weighted by molar-refractivity contribution is 5.91. The molecule has 2 aliphatic rings. The van der Waals surface area contributed by atoms with E-state index in [0.717, 1.165) is 25.7 Å². The van der Waals surface area contributed by atoms with Gasteiger partial charge in [0, 0.05) is 25.1 Å². The highest BCUT2D eigenvalue weighted by atomic mass is 16.5. The lowest BCUT2D eigenvalue weighted by atomic mass is 9.91. The number of hydrogen-bond donors (Lipinski definition) is 2. The summed E-state index contributed by atoms with van der Waals surface area (Å²) in [5, 5.41) is 11.6. The van der Waals surface area contributed by atoms with Gasteiger partial charge < -0.3 is 0 Å². The number of nitrogens with zero attached hydrogens (tertiary/aromatic N) is 4. The van der Waals surface area contributed by atoms with E-state index in [1.807, 2.05) is 0 Å². The molecule has 152 valence electrons. The van der Waals surface area contributed by atoms with Crippen molar-refractivity contribution in [2.24, 2.45) is 11.8 Å². The van der Waals surface area contributed by atoms with Crippen LogP contribution in [0.5, 0.6) is 0 Å². The average molecular weight is 389 g/mol. The number of rotatable bonds is 9. The zero-order valence-electron chi connectivity index (χ0n) is 15.9. The van der Waals surface area contributed by atoms with E-state index in [1.165, 1.54) is 11.2 Å². The predicted octanol–water partition coefficient (Wildman–Crippen LogP) is 0.738. The number of hydrogen-bond acceptors (Lipinski definition) is 7. The number of Topliss-reactive ketones (excluding diaryl/α,β-unsaturated/α-hetero) is 1. The van der Waals surface area contributed by atoms with Crippen LogP contribution >= 0.6 is 0 Å². The van der Waals surface area contributed by atoms with Gasteiger partial charge >= 0.3 is 0 Å². The van der Waals surface area contributed by atoms with E-state index < -0.39 is 12.0 Å². The minimum Gasteiger partial charge on any atom is -0.297 e. The van der Waals surface area contributed by atoms with Crippen molar-refractivity contribution in [1.29, 1.82) is 0 Å². The maximum absolute atomic E-state index is 13.2. The number of hydrazine groups is 1. The van der Waals surface area contributed by atoms with Gasteiger partial charge in [-0.05, 0) is 18.8 Å². The molecule has 0 spiro atoms. The minimum absolute atomic E-state index is 0.0674. The first-order valence-corrected chi connectivity index (χ1v) is 9.83. The van der Waals surface area contributed by atoms with E-state index in [0.29, 0.717) is 42.5 Å². The summed E-state index contributed by atoms with van der Waals surface area (Å²) in [6.07, 6.45) is 10.6. The smallest absolute Gasteiger partial charge is 0.242 e. The molecule has 2 heterocycles. The molecule has 0 aromatic carbocycles. The first kappa shape index (κ1) is 20.3. The molecular formula is C19H27N5O4. The Morgan fingerprint density at radius 3 is 2.79 bits per heavy atom. The van der Waals surface area contributed by atoms with E-state index in [-0.39, 0.29) is 24.7 Å². The number of hydroxylamine groups is 2. The molecule has 0 unspecified atom stereocenters. The lowest BCUT2D eigenvalue weighted by Crippen LogP contribution is -2.51. The number of ketones is 1. The summed E-state index contributed by atoms with van der Waals surface area (Å²) in [6, 6.07) is -0.580. The SMILES string of the molecule is O=CN(O)C[C@@H](CC1CCCC1)C(=O)N1NCC[C@H]1C(=O)Cc1cnccn1. The second kappa shape index (κ2) is 9.70. The van der Waals surface area contributed by atoms with Gasteiger partial charge in [0.15, 0.2) is 5.78 Å². The Labute approximate surface area is 164 Å². The molecule has 28 heavy (non-hydrogen) atoms. The third-order valence-electron chi connectivity index (χ3n) is 5.56. The Morgan fingerprint density at radius 1 is 1.32 bits per heavy atom. The fraction of sp³-hybridized carbons (Fsp3) is 0.632. The summed E-state index contributed by atoms with van der Waals surface area (Å²) < 4.78 is 0. The largest absolute Gasteiger partial charge is 0.297 e. The molecule has 1 saturated carbocycles. The fourth-order valence-corrected chi connectivity index (χ4v) is 4.18. The Hall–Kier alpha value is -2.39. The monoisotopic (exact) mass is 389 g/mol. The van der Waals surface area contributed by atoms with Gasteiger partial charge in [-0.25, -0.2) is 10.5 Å². The molecule has 0 radical (unpaired) electrons. The van der Waals surface area contributed by atoms with Gasteiger partial charge in [0.1, 0.15) is 6.04 Å². The molecule has 2 amide bonds. The highest BCUT2D eigenvalue weighted by Gasteiger charge is 2.38. The van der Waals surface area contributed by atoms with Crippen LogP contribution in [-0.4, -0.2) is 62.5 Å². The number of amides is 2. The highest BCUT2D eigenvalue weighted by Crippen LogP contribution is 2.31. The van der Waals surface area contributed by atoms with E-state index in [4.69, 9.17) is 0 Å². The molecule has 2 N–H and O–H groups in total. The van der Waals surface area contributed by atoms with E-state index in [9.17, 15) is 19.6 Å². The van der Waals surface area contributed by atoms with Crippen LogP contribution in [0.15, 0.2) is 18.6 Å². The van der Waals surface area contributed by atoms with Crippen molar-refractivity contribution >= 4 is 18.1 Å². The molecule has 9 heteroatoms. The standard InChI is InChI=1S/C19H27N5O4/c25-13-23(28)12-15(9-14-3-1-2-4-14)19(27)24-17(5-6-22-24)18(26)10-16-11-20-7-8-21-16/h7-8,11,13-15,17,22,28H,1-6,9-10,12H2/t15-,17+/m1/s1. The topological polar surface area (TPSA) is 116 Å². The Balaban J connectivity index is 1.68. The molecule has 0 bridgehead atoms. The summed E-state index contributed by atoms with van der Waals surface area (Å²) in [6.45, 7) is 0.456. The lowest BCUT2D eigenvalue weighted by molar-refractivity contribution is -0.159. The van der Waals surface area contributed by atoms with Gasteiger partial charge in [0.2, 0.25) is 12.3 Å². The predicted molar refractivity (Wildman–Crippen MR) is 98.6 cm³/mol. The molecule has 1 aromatic rings. The Kier molecular flexibility index (Phi) is 7.05. The van der Waals surface area contributed by atoms with Gasteiger partial charge in [0.25, 0.3) is 0 Å². The van der Waals surface area contributed by atoms with Gasteiger partial charge in [-0.2, -0.15) is 0 Å². The number of nitrogens with one attached hydrogen (secondary N) is 1. The molecule has 2 atom stereocenters. The van der Waals surface area contributed by atoms with Crippen molar-refractivity contribution in [3.63, 3.8) is 0 Å². The van der Waals surface area contributed by atoms with E-state index in [2.05, 4.69) is 15.4 Å². The fourth-order valence-electron chi connectivity index (χ4n) is 4.18. The molecular weight excluding hydrogens is 362 g/mol. The van der Waals surface area contributed by atoms with Crippen LogP contribution in [0.4, 0.5) is 0 Å². The van der Waals surface area contributed by atoms with E-state index >= 15 is 0 Å². The lowest BCUT2D eigenvalue weighted by Gasteiger charge is -2.29. The first-order chi connectivity index (χ1) is 13.6. The van der Waals surface area contributed by atoms with Gasteiger partial charge in [-0.1, -0.05) is 25.7 Å². The quantitative estimate of drug-likeness (QED) is 0.363. The molecule has 1 aliphatic heterocycles. The molecule has 1 saturated heterocycles. The molecule has 9 nitrogen and oxygen atoms in total. The molecule has 3 rings (SSSR count). The summed E-state index contributed by atoms with van der Waals surface area (Å²) in [5.74, 6) is -0.487. The van der Waals surface area contributed by atoms with Crippen molar-refractivity contribution < 1.29 is 19.6 Å². The summed E-state index contributed by atoms with van der Waals surface area (Å²) in [5.41, 5.74) is 3.57. The van der Waals surface area contributed by atoms with Gasteiger partial charge in [0.05, 0.1) is 24.6 Å². The van der Waals surface area contributed by atoms with Crippen LogP contribution in [0.25, 0.3) is 0 Å². The molecule has 1 aliphatic carbocycles. The number of aromatic nitrogens is 2. The third-order valence-corrected chi connectivity index (χ3v) is 5.56. The van der Waals surface area contributed by atoms with Crippen LogP contribution in [0.3, 0.4) is 0 Å². The van der Waals surface area contributed by atoms with Gasteiger partial charge in [-0.15, -0.1) is 0 Å². The van der Waals surface area contributed by atoms with Crippen molar-refractivity contribution in [2.45, 2.75) is 51.0 Å². The second-order valence-electron chi connectivity index (χ2n) is 7.57. The van der Waals surface area contributed by atoms with Crippen molar-refractivity contribution in [3.05, 3.63) is 24.3 Å². The van der Waals surface area contributed by atoms with Crippen LogP contribution < -0.4 is 5.43 Å². The van der Waals surface area contributed by atoms with E-state index in [1.54, 1.807) is 12.4 Å². The third kappa shape index (κ3) is 5.11. The average Bonchev–Trinajstić information content (AvgIpc) is 3.39. The maximum Gasteiger partial charge on any atom is 0.242 e. The normalized spacial score (nSPS) is 20.9. The second-order valence-corrected chi connectivity index (χ2v) is 7.57. The zero-order valence-corrected chi connectivity index (χ0v) is 15.9. The maximum atomic E-state index is 13.2. The van der Waals surface area contributed by atoms with Crippen LogP contribution in [0, 0.1) is 11.8 Å². The summed E-state index contributed by atoms with van der Waals surface area (Å²) >= 11 is 0. The Bertz CT molecular complexity index is 680. The summed E-state index contributed by atoms with van der Waals surface area (Å²) in [4.78, 5) is 44.9. The summed E-state index contributed by atoms with van der Waals surface area (Å²) in [7, 11) is 0. The van der Waals surface area contributed by atoms with Crippen molar-refractivity contribution in [2.75, 3.05) is 13.1 Å². The van der Waals surface area contributed by atoms with Crippen LogP contribution in [-0.2, 0) is 20.8 Å². The van der Waals surface area contributed by atoms with Crippen LogP contribution in [0.2, 0.25) is 0 Å². The van der Waals surface area contributed by atoms with Crippen LogP contribution in [0.1, 0.15) is 44.2 Å². The van der Waals surface area contributed by atoms with Crippen molar-refractivity contribution in [3.8, 4) is 0 Å². The number of carbonyl (C=O) groups excluding carboxylic acids is 3. The van der Waals surface area contributed by atoms with Gasteiger partial charge in [-0.3, -0.25) is 34.6 Å². The molecule has 2 fully saturated rings. The van der Waals surface area contributed by atoms with Crippen molar-refractivity contribution in [1.82, 2.24) is 25.5 Å². The zero-order chi connectivity index (χ0) is 19.9. The number of carbonyl (C=O) groups is 3.